The number of hydrogen-bond donors (Lipinski definition) is 1. The van der Waals surface area contributed by atoms with Crippen molar-refractivity contribution in [3.05, 3.63) is 56.8 Å². The monoisotopic (exact) mass is 410 g/mol. The second-order valence-electron chi connectivity index (χ2n) is 8.16. The molecule has 6 heteroatoms. The number of hydrogen-bond acceptors (Lipinski definition) is 4. The largest absolute Gasteiger partial charge is 0.321 e. The lowest BCUT2D eigenvalue weighted by Crippen LogP contribution is -2.11. The molecule has 0 unspecified atom stereocenters. The molecule has 3 aromatic rings. The lowest BCUT2D eigenvalue weighted by molar-refractivity contribution is 0.103. The van der Waals surface area contributed by atoms with Crippen molar-refractivity contribution in [2.45, 2.75) is 61.3 Å². The van der Waals surface area contributed by atoms with Gasteiger partial charge in [0.05, 0.1) is 11.4 Å². The normalized spacial score (nSPS) is 11.3. The first-order valence-corrected chi connectivity index (χ1v) is 10.9. The summed E-state index contributed by atoms with van der Waals surface area (Å²) in [6, 6.07) is 5.94. The fourth-order valence-electron chi connectivity index (χ4n) is 3.35. The van der Waals surface area contributed by atoms with Gasteiger partial charge in [-0.1, -0.05) is 31.3 Å². The van der Waals surface area contributed by atoms with Crippen LogP contribution in [0, 0.1) is 40.5 Å². The van der Waals surface area contributed by atoms with Crippen LogP contribution in [0.15, 0.2) is 18.2 Å². The van der Waals surface area contributed by atoms with Gasteiger partial charge in [-0.25, -0.2) is 9.67 Å². The fraction of sp³-hybridized carbons (Fsp3) is 0.435. The van der Waals surface area contributed by atoms with Crippen LogP contribution in [0.3, 0.4) is 0 Å². The third-order valence-corrected chi connectivity index (χ3v) is 6.48. The molecule has 0 radical (unpaired) electrons. The predicted octanol–water partition coefficient (Wildman–Crippen LogP) is 5.71. The van der Waals surface area contributed by atoms with Gasteiger partial charge in [-0.05, 0) is 82.2 Å². The summed E-state index contributed by atoms with van der Waals surface area (Å²) in [6.45, 7) is 14.6. The molecule has 1 aromatic carbocycles. The van der Waals surface area contributed by atoms with Gasteiger partial charge >= 0.3 is 0 Å². The average Bonchev–Trinajstić information content (AvgIpc) is 3.16. The van der Waals surface area contributed by atoms with E-state index in [9.17, 15) is 4.79 Å². The molecule has 0 fully saturated rings. The van der Waals surface area contributed by atoms with Crippen LogP contribution >= 0.6 is 11.3 Å². The molecule has 0 saturated heterocycles. The minimum atomic E-state index is -0.129. The van der Waals surface area contributed by atoms with Crippen molar-refractivity contribution in [3.8, 4) is 5.13 Å². The zero-order chi connectivity index (χ0) is 21.3. The minimum Gasteiger partial charge on any atom is -0.321 e. The number of nitrogens with zero attached hydrogens (tertiary/aromatic N) is 3. The van der Waals surface area contributed by atoms with Crippen molar-refractivity contribution < 1.29 is 4.79 Å². The summed E-state index contributed by atoms with van der Waals surface area (Å²) < 4.78 is 1.88. The summed E-state index contributed by atoms with van der Waals surface area (Å²) >= 11 is 1.39. The Morgan fingerprint density at radius 1 is 1.10 bits per heavy atom. The predicted molar refractivity (Wildman–Crippen MR) is 120 cm³/mol. The Morgan fingerprint density at radius 2 is 1.83 bits per heavy atom. The third kappa shape index (κ3) is 4.58. The van der Waals surface area contributed by atoms with Crippen LogP contribution in [0.2, 0.25) is 0 Å². The second kappa shape index (κ2) is 8.49. The molecule has 0 spiro atoms. The van der Waals surface area contributed by atoms with E-state index in [4.69, 9.17) is 5.10 Å². The molecule has 0 atom stereocenters. The standard InChI is InChI=1S/C23H30N4OS/c1-13(2)8-11-20-16(5)26-27(18(20)7)23-24-17(6)21(29-23)22(28)25-19-10-9-14(3)15(4)12-19/h9-10,12-13H,8,11H2,1-7H3,(H,25,28). The number of benzene rings is 1. The van der Waals surface area contributed by atoms with E-state index in [1.807, 2.05) is 43.7 Å². The van der Waals surface area contributed by atoms with Crippen LogP contribution in [-0.2, 0) is 6.42 Å². The molecule has 29 heavy (non-hydrogen) atoms. The molecule has 0 aliphatic carbocycles. The van der Waals surface area contributed by atoms with Gasteiger partial charge in [0.25, 0.3) is 5.91 Å². The Labute approximate surface area is 177 Å². The summed E-state index contributed by atoms with van der Waals surface area (Å²) in [7, 11) is 0. The number of aromatic nitrogens is 3. The highest BCUT2D eigenvalue weighted by atomic mass is 32.1. The van der Waals surface area contributed by atoms with Crippen LogP contribution < -0.4 is 5.32 Å². The van der Waals surface area contributed by atoms with E-state index in [-0.39, 0.29) is 5.91 Å². The highest BCUT2D eigenvalue weighted by molar-refractivity contribution is 7.16. The van der Waals surface area contributed by atoms with Gasteiger partial charge in [-0.15, -0.1) is 0 Å². The van der Waals surface area contributed by atoms with Gasteiger partial charge < -0.3 is 5.32 Å². The molecule has 154 valence electrons. The number of aryl methyl sites for hydroxylation is 4. The average molecular weight is 411 g/mol. The van der Waals surface area contributed by atoms with E-state index >= 15 is 0 Å². The van der Waals surface area contributed by atoms with E-state index in [2.05, 4.69) is 38.0 Å². The quantitative estimate of drug-likeness (QED) is 0.566. The lowest BCUT2D eigenvalue weighted by atomic mass is 10.0. The van der Waals surface area contributed by atoms with Crippen LogP contribution in [0.25, 0.3) is 5.13 Å². The number of anilines is 1. The van der Waals surface area contributed by atoms with Gasteiger partial charge in [0, 0.05) is 11.4 Å². The smallest absolute Gasteiger partial charge is 0.267 e. The highest BCUT2D eigenvalue weighted by Crippen LogP contribution is 2.27. The van der Waals surface area contributed by atoms with E-state index < -0.39 is 0 Å². The maximum Gasteiger partial charge on any atom is 0.267 e. The van der Waals surface area contributed by atoms with Gasteiger partial charge in [0.1, 0.15) is 4.88 Å². The highest BCUT2D eigenvalue weighted by Gasteiger charge is 2.20. The summed E-state index contributed by atoms with van der Waals surface area (Å²) in [5.74, 6) is 0.524. The Balaban J connectivity index is 1.85. The Hall–Kier alpha value is -2.47. The number of nitrogens with one attached hydrogen (secondary N) is 1. The third-order valence-electron chi connectivity index (χ3n) is 5.35. The molecule has 2 aromatic heterocycles. The van der Waals surface area contributed by atoms with Crippen LogP contribution in [0.1, 0.15) is 63.7 Å². The number of carbonyl (C=O) groups is 1. The first kappa shape index (κ1) is 21.2. The molecule has 1 amide bonds. The van der Waals surface area contributed by atoms with E-state index in [0.717, 1.165) is 46.3 Å². The van der Waals surface area contributed by atoms with Crippen molar-refractivity contribution in [2.75, 3.05) is 5.32 Å². The van der Waals surface area contributed by atoms with Crippen molar-refractivity contribution in [2.24, 2.45) is 5.92 Å². The zero-order valence-corrected chi connectivity index (χ0v) is 19.2. The summed E-state index contributed by atoms with van der Waals surface area (Å²) in [6.07, 6.45) is 2.15. The number of carbonyl (C=O) groups excluding carboxylic acids is 1. The first-order chi connectivity index (χ1) is 13.7. The van der Waals surface area contributed by atoms with Crippen molar-refractivity contribution in [3.63, 3.8) is 0 Å². The molecular weight excluding hydrogens is 380 g/mol. The van der Waals surface area contributed by atoms with E-state index in [1.54, 1.807) is 0 Å². The fourth-order valence-corrected chi connectivity index (χ4v) is 4.31. The van der Waals surface area contributed by atoms with Gasteiger partial charge in [0.2, 0.25) is 5.13 Å². The van der Waals surface area contributed by atoms with E-state index in [0.29, 0.717) is 10.8 Å². The molecule has 0 saturated carbocycles. The molecule has 2 heterocycles. The molecule has 0 bridgehead atoms. The van der Waals surface area contributed by atoms with Crippen LogP contribution in [-0.4, -0.2) is 20.7 Å². The molecule has 1 N–H and O–H groups in total. The molecule has 0 aliphatic rings. The topological polar surface area (TPSA) is 59.8 Å². The maximum absolute atomic E-state index is 12.8. The molecular formula is C23H30N4OS. The molecule has 5 nitrogen and oxygen atoms in total. The second-order valence-corrected chi connectivity index (χ2v) is 9.14. The molecule has 3 rings (SSSR count). The van der Waals surface area contributed by atoms with Crippen molar-refractivity contribution in [1.82, 2.24) is 14.8 Å². The van der Waals surface area contributed by atoms with E-state index in [1.165, 1.54) is 22.5 Å². The van der Waals surface area contributed by atoms with Crippen LogP contribution in [0.4, 0.5) is 5.69 Å². The number of amides is 1. The Kier molecular flexibility index (Phi) is 6.22. The lowest BCUT2D eigenvalue weighted by Gasteiger charge is -2.07. The van der Waals surface area contributed by atoms with Crippen LogP contribution in [0.5, 0.6) is 0 Å². The van der Waals surface area contributed by atoms with Crippen molar-refractivity contribution >= 4 is 22.9 Å². The van der Waals surface area contributed by atoms with Gasteiger partial charge in [-0.3, -0.25) is 4.79 Å². The minimum absolute atomic E-state index is 0.129. The zero-order valence-electron chi connectivity index (χ0n) is 18.4. The first-order valence-electron chi connectivity index (χ1n) is 10.1. The maximum atomic E-state index is 12.8. The summed E-state index contributed by atoms with van der Waals surface area (Å²) in [4.78, 5) is 18.1. The van der Waals surface area contributed by atoms with Gasteiger partial charge in [0.15, 0.2) is 0 Å². The Morgan fingerprint density at radius 3 is 2.48 bits per heavy atom. The summed E-state index contributed by atoms with van der Waals surface area (Å²) in [5, 5.41) is 8.45. The number of thiazole rings is 1. The SMILES string of the molecule is Cc1ccc(NC(=O)c2sc(-n3nc(C)c(CCC(C)C)c3C)nc2C)cc1C. The van der Waals surface area contributed by atoms with Gasteiger partial charge in [-0.2, -0.15) is 5.10 Å². The molecule has 0 aliphatic heterocycles. The Bertz CT molecular complexity index is 1050. The summed E-state index contributed by atoms with van der Waals surface area (Å²) in [5.41, 5.74) is 7.32. The van der Waals surface area contributed by atoms with Crippen molar-refractivity contribution in [1.29, 1.82) is 0 Å². The number of rotatable bonds is 6.